The number of aromatic amines is 1. The average Bonchev–Trinajstić information content (AvgIpc) is 2.90. The number of carbonyl (C=O) groups is 1. The molecule has 0 radical (unpaired) electrons. The number of rotatable bonds is 4. The van der Waals surface area contributed by atoms with Gasteiger partial charge < -0.3 is 9.72 Å². The van der Waals surface area contributed by atoms with E-state index in [0.29, 0.717) is 11.7 Å². The minimum atomic E-state index is -0.611. The molecule has 21 heavy (non-hydrogen) atoms. The molecule has 0 aliphatic rings. The average molecular weight is 281 g/mol. The van der Waals surface area contributed by atoms with Gasteiger partial charge in [-0.3, -0.25) is 10.1 Å². The van der Waals surface area contributed by atoms with Gasteiger partial charge in [-0.2, -0.15) is 0 Å². The number of hydrogen-bond acceptors (Lipinski definition) is 3. The fourth-order valence-corrected chi connectivity index (χ4v) is 1.99. The second-order valence-electron chi connectivity index (χ2n) is 4.66. The number of hydrogen-bond donors (Lipinski definition) is 2. The summed E-state index contributed by atoms with van der Waals surface area (Å²) in [4.78, 5) is 19.4. The highest BCUT2D eigenvalue weighted by atomic mass is 16.5. The fourth-order valence-electron chi connectivity index (χ4n) is 1.99. The van der Waals surface area contributed by atoms with E-state index in [1.165, 1.54) is 0 Å². The van der Waals surface area contributed by atoms with Gasteiger partial charge in [-0.15, -0.1) is 0 Å². The predicted molar refractivity (Wildman–Crippen MR) is 81.3 cm³/mol. The quantitative estimate of drug-likeness (QED) is 0.772. The Balaban J connectivity index is 1.68. The van der Waals surface area contributed by atoms with E-state index in [4.69, 9.17) is 4.74 Å². The van der Waals surface area contributed by atoms with Gasteiger partial charge in [0.1, 0.15) is 5.75 Å². The number of fused-ring (bicyclic) bond motifs is 1. The molecule has 0 aliphatic heterocycles. The summed E-state index contributed by atoms with van der Waals surface area (Å²) < 4.78 is 5.57. The summed E-state index contributed by atoms with van der Waals surface area (Å²) in [5.41, 5.74) is 1.69. The van der Waals surface area contributed by atoms with Crippen LogP contribution in [0.3, 0.4) is 0 Å². The zero-order chi connectivity index (χ0) is 14.7. The van der Waals surface area contributed by atoms with Gasteiger partial charge in [0, 0.05) is 0 Å². The van der Waals surface area contributed by atoms with Gasteiger partial charge >= 0.3 is 0 Å². The second kappa shape index (κ2) is 5.66. The van der Waals surface area contributed by atoms with Crippen LogP contribution in [-0.4, -0.2) is 22.0 Å². The maximum absolute atomic E-state index is 12.1. The van der Waals surface area contributed by atoms with Crippen LogP contribution >= 0.6 is 0 Å². The van der Waals surface area contributed by atoms with Crippen LogP contribution in [0.25, 0.3) is 11.0 Å². The number of nitrogens with zero attached hydrogens (tertiary/aromatic N) is 1. The molecule has 3 aromatic rings. The van der Waals surface area contributed by atoms with Gasteiger partial charge in [0.2, 0.25) is 5.95 Å². The SMILES string of the molecule is CC(Oc1ccccc1)C(=O)Nc1nc2ccccc2[nH]1. The van der Waals surface area contributed by atoms with Crippen molar-refractivity contribution >= 4 is 22.9 Å². The maximum Gasteiger partial charge on any atom is 0.267 e. The maximum atomic E-state index is 12.1. The Morgan fingerprint density at radius 2 is 1.86 bits per heavy atom. The summed E-state index contributed by atoms with van der Waals surface area (Å²) in [6.07, 6.45) is -0.611. The number of carbonyl (C=O) groups excluding carboxylic acids is 1. The van der Waals surface area contributed by atoms with Crippen molar-refractivity contribution in [2.24, 2.45) is 0 Å². The van der Waals surface area contributed by atoms with Crippen molar-refractivity contribution in [2.45, 2.75) is 13.0 Å². The van der Waals surface area contributed by atoms with Crippen LogP contribution in [0.15, 0.2) is 54.6 Å². The van der Waals surface area contributed by atoms with E-state index < -0.39 is 6.10 Å². The third kappa shape index (κ3) is 3.02. The van der Waals surface area contributed by atoms with Crippen molar-refractivity contribution in [1.29, 1.82) is 0 Å². The van der Waals surface area contributed by atoms with Gasteiger partial charge in [-0.05, 0) is 31.2 Å². The lowest BCUT2D eigenvalue weighted by molar-refractivity contribution is -0.122. The fraction of sp³-hybridized carbons (Fsp3) is 0.125. The third-order valence-corrected chi connectivity index (χ3v) is 3.06. The Morgan fingerprint density at radius 1 is 1.14 bits per heavy atom. The Hall–Kier alpha value is -2.82. The lowest BCUT2D eigenvalue weighted by Gasteiger charge is -2.13. The molecule has 1 unspecified atom stereocenters. The Labute approximate surface area is 122 Å². The molecule has 0 saturated heterocycles. The van der Waals surface area contributed by atoms with Crippen LogP contribution in [0.4, 0.5) is 5.95 Å². The molecule has 0 saturated carbocycles. The molecule has 0 fully saturated rings. The standard InChI is InChI=1S/C16H15N3O2/c1-11(21-12-7-3-2-4-8-12)15(20)19-16-17-13-9-5-6-10-14(13)18-16/h2-11H,1H3,(H2,17,18,19,20). The van der Waals surface area contributed by atoms with E-state index in [1.807, 2.05) is 54.6 Å². The van der Waals surface area contributed by atoms with Crippen molar-refractivity contribution in [3.05, 3.63) is 54.6 Å². The van der Waals surface area contributed by atoms with Crippen LogP contribution in [-0.2, 0) is 4.79 Å². The molecule has 1 heterocycles. The predicted octanol–water partition coefficient (Wildman–Crippen LogP) is 2.97. The molecule has 1 aromatic heterocycles. The lowest BCUT2D eigenvalue weighted by atomic mass is 10.3. The van der Waals surface area contributed by atoms with Crippen LogP contribution in [0.1, 0.15) is 6.92 Å². The molecule has 1 amide bonds. The smallest absolute Gasteiger partial charge is 0.267 e. The highest BCUT2D eigenvalue weighted by Crippen LogP contribution is 2.15. The summed E-state index contributed by atoms with van der Waals surface area (Å²) in [5, 5.41) is 2.72. The zero-order valence-electron chi connectivity index (χ0n) is 11.5. The number of para-hydroxylation sites is 3. The highest BCUT2D eigenvalue weighted by Gasteiger charge is 2.16. The van der Waals surface area contributed by atoms with E-state index in [2.05, 4.69) is 15.3 Å². The molecule has 0 aliphatic carbocycles. The van der Waals surface area contributed by atoms with E-state index in [9.17, 15) is 4.79 Å². The van der Waals surface area contributed by atoms with Gasteiger partial charge in [0.15, 0.2) is 6.10 Å². The normalized spacial score (nSPS) is 12.0. The molecule has 106 valence electrons. The molecule has 3 rings (SSSR count). The highest BCUT2D eigenvalue weighted by molar-refractivity contribution is 5.94. The number of benzene rings is 2. The second-order valence-corrected chi connectivity index (χ2v) is 4.66. The minimum absolute atomic E-state index is 0.252. The molecule has 2 N–H and O–H groups in total. The molecule has 2 aromatic carbocycles. The topological polar surface area (TPSA) is 67.0 Å². The molecular formula is C16H15N3O2. The number of anilines is 1. The first-order chi connectivity index (χ1) is 10.2. The summed E-state index contributed by atoms with van der Waals surface area (Å²) in [7, 11) is 0. The first kappa shape index (κ1) is 13.2. The Kier molecular flexibility index (Phi) is 3.55. The molecule has 5 heteroatoms. The van der Waals surface area contributed by atoms with E-state index >= 15 is 0 Å². The van der Waals surface area contributed by atoms with Crippen molar-refractivity contribution < 1.29 is 9.53 Å². The van der Waals surface area contributed by atoms with Crippen LogP contribution in [0, 0.1) is 0 Å². The van der Waals surface area contributed by atoms with Gasteiger partial charge in [0.25, 0.3) is 5.91 Å². The number of amides is 1. The molecular weight excluding hydrogens is 266 g/mol. The van der Waals surface area contributed by atoms with Crippen LogP contribution in [0.2, 0.25) is 0 Å². The summed E-state index contributed by atoms with van der Waals surface area (Å²) in [6.45, 7) is 1.70. The summed E-state index contributed by atoms with van der Waals surface area (Å²) in [5.74, 6) is 0.826. The number of imidazole rings is 1. The first-order valence-corrected chi connectivity index (χ1v) is 6.70. The summed E-state index contributed by atoms with van der Waals surface area (Å²) in [6, 6.07) is 16.8. The lowest BCUT2D eigenvalue weighted by Crippen LogP contribution is -2.30. The number of H-pyrrole nitrogens is 1. The van der Waals surface area contributed by atoms with E-state index in [1.54, 1.807) is 6.92 Å². The number of ether oxygens (including phenoxy) is 1. The van der Waals surface area contributed by atoms with Crippen molar-refractivity contribution in [3.8, 4) is 5.75 Å². The van der Waals surface area contributed by atoms with Crippen molar-refractivity contribution in [2.75, 3.05) is 5.32 Å². The Morgan fingerprint density at radius 3 is 2.62 bits per heavy atom. The molecule has 0 spiro atoms. The van der Waals surface area contributed by atoms with E-state index in [-0.39, 0.29) is 5.91 Å². The molecule has 5 nitrogen and oxygen atoms in total. The number of aromatic nitrogens is 2. The Bertz CT molecular complexity index is 719. The molecule has 0 bridgehead atoms. The van der Waals surface area contributed by atoms with Gasteiger partial charge in [-0.25, -0.2) is 4.98 Å². The first-order valence-electron chi connectivity index (χ1n) is 6.70. The van der Waals surface area contributed by atoms with Gasteiger partial charge in [-0.1, -0.05) is 30.3 Å². The largest absolute Gasteiger partial charge is 0.481 e. The van der Waals surface area contributed by atoms with E-state index in [0.717, 1.165) is 11.0 Å². The summed E-state index contributed by atoms with van der Waals surface area (Å²) >= 11 is 0. The monoisotopic (exact) mass is 281 g/mol. The molecule has 1 atom stereocenters. The van der Waals surface area contributed by atoms with Crippen molar-refractivity contribution in [3.63, 3.8) is 0 Å². The zero-order valence-corrected chi connectivity index (χ0v) is 11.5. The van der Waals surface area contributed by atoms with Crippen molar-refractivity contribution in [1.82, 2.24) is 9.97 Å². The van der Waals surface area contributed by atoms with Crippen LogP contribution in [0.5, 0.6) is 5.75 Å². The van der Waals surface area contributed by atoms with Gasteiger partial charge in [0.05, 0.1) is 11.0 Å². The minimum Gasteiger partial charge on any atom is -0.481 e. The number of nitrogens with one attached hydrogen (secondary N) is 2. The van der Waals surface area contributed by atoms with Crippen LogP contribution < -0.4 is 10.1 Å². The third-order valence-electron chi connectivity index (χ3n) is 3.06.